The molecule has 0 saturated heterocycles. The van der Waals surface area contributed by atoms with Gasteiger partial charge < -0.3 is 5.32 Å². The molecule has 0 fully saturated rings. The standard InChI is InChI=1S/C13H21N5/c1-5-14-11(9(2)3)8-12-13-17-16-10(4)18(13)7-6-15-12/h6-7,9,11,14H,5,8H2,1-4H3. The highest BCUT2D eigenvalue weighted by Gasteiger charge is 2.16. The summed E-state index contributed by atoms with van der Waals surface area (Å²) in [7, 11) is 0. The molecular weight excluding hydrogens is 226 g/mol. The van der Waals surface area contributed by atoms with E-state index in [2.05, 4.69) is 41.3 Å². The third-order valence-electron chi connectivity index (χ3n) is 3.25. The molecule has 18 heavy (non-hydrogen) atoms. The van der Waals surface area contributed by atoms with Gasteiger partial charge in [-0.3, -0.25) is 9.38 Å². The van der Waals surface area contributed by atoms with Crippen LogP contribution in [0.4, 0.5) is 0 Å². The van der Waals surface area contributed by atoms with Crippen LogP contribution in [0.15, 0.2) is 12.4 Å². The Kier molecular flexibility index (Phi) is 3.91. The van der Waals surface area contributed by atoms with Crippen molar-refractivity contribution in [1.29, 1.82) is 0 Å². The minimum absolute atomic E-state index is 0.422. The monoisotopic (exact) mass is 247 g/mol. The number of aryl methyl sites for hydroxylation is 1. The molecular formula is C13H21N5. The van der Waals surface area contributed by atoms with Gasteiger partial charge in [-0.25, -0.2) is 0 Å². The molecule has 1 unspecified atom stereocenters. The number of rotatable bonds is 5. The predicted octanol–water partition coefficient (Wildman–Crippen LogP) is 1.61. The maximum Gasteiger partial charge on any atom is 0.182 e. The number of nitrogens with zero attached hydrogens (tertiary/aromatic N) is 4. The molecule has 0 aromatic carbocycles. The SMILES string of the molecule is CCNC(Cc1nccn2c(C)nnc12)C(C)C. The van der Waals surface area contributed by atoms with Crippen molar-refractivity contribution in [2.45, 2.75) is 40.2 Å². The Labute approximate surface area is 108 Å². The lowest BCUT2D eigenvalue weighted by Crippen LogP contribution is -2.36. The fraction of sp³-hybridized carbons (Fsp3) is 0.615. The molecule has 1 N–H and O–H groups in total. The van der Waals surface area contributed by atoms with Gasteiger partial charge in [0.25, 0.3) is 0 Å². The highest BCUT2D eigenvalue weighted by Crippen LogP contribution is 2.13. The van der Waals surface area contributed by atoms with Crippen molar-refractivity contribution in [3.8, 4) is 0 Å². The molecule has 5 nitrogen and oxygen atoms in total. The summed E-state index contributed by atoms with van der Waals surface area (Å²) in [6.45, 7) is 9.50. The summed E-state index contributed by atoms with van der Waals surface area (Å²) in [6.07, 6.45) is 4.61. The quantitative estimate of drug-likeness (QED) is 0.872. The average molecular weight is 247 g/mol. The third kappa shape index (κ3) is 2.51. The van der Waals surface area contributed by atoms with Gasteiger partial charge in [-0.15, -0.1) is 10.2 Å². The maximum atomic E-state index is 4.46. The number of likely N-dealkylation sites (N-methyl/N-ethyl adjacent to an activating group) is 1. The zero-order valence-corrected chi connectivity index (χ0v) is 11.5. The first-order valence-corrected chi connectivity index (χ1v) is 6.52. The van der Waals surface area contributed by atoms with Gasteiger partial charge in [0.2, 0.25) is 0 Å². The molecule has 0 spiro atoms. The van der Waals surface area contributed by atoms with E-state index in [1.165, 1.54) is 0 Å². The van der Waals surface area contributed by atoms with Crippen molar-refractivity contribution in [2.24, 2.45) is 5.92 Å². The summed E-state index contributed by atoms with van der Waals surface area (Å²) >= 11 is 0. The van der Waals surface area contributed by atoms with E-state index in [-0.39, 0.29) is 0 Å². The van der Waals surface area contributed by atoms with Crippen LogP contribution in [-0.4, -0.2) is 32.2 Å². The summed E-state index contributed by atoms with van der Waals surface area (Å²) in [5.74, 6) is 1.47. The van der Waals surface area contributed by atoms with Gasteiger partial charge in [-0.1, -0.05) is 20.8 Å². The van der Waals surface area contributed by atoms with E-state index in [4.69, 9.17) is 0 Å². The van der Waals surface area contributed by atoms with Crippen LogP contribution in [0, 0.1) is 12.8 Å². The van der Waals surface area contributed by atoms with Crippen LogP contribution >= 0.6 is 0 Å². The molecule has 0 radical (unpaired) electrons. The molecule has 2 heterocycles. The third-order valence-corrected chi connectivity index (χ3v) is 3.25. The molecule has 0 bridgehead atoms. The zero-order valence-electron chi connectivity index (χ0n) is 11.5. The minimum atomic E-state index is 0.422. The summed E-state index contributed by atoms with van der Waals surface area (Å²) in [4.78, 5) is 4.46. The lowest BCUT2D eigenvalue weighted by atomic mass is 9.99. The van der Waals surface area contributed by atoms with E-state index < -0.39 is 0 Å². The first-order valence-electron chi connectivity index (χ1n) is 6.52. The molecule has 0 aliphatic heterocycles. The number of fused-ring (bicyclic) bond motifs is 1. The molecule has 1 atom stereocenters. The van der Waals surface area contributed by atoms with Crippen molar-refractivity contribution in [1.82, 2.24) is 24.9 Å². The van der Waals surface area contributed by atoms with E-state index in [1.807, 2.05) is 23.7 Å². The van der Waals surface area contributed by atoms with E-state index in [1.54, 1.807) is 0 Å². The molecule has 5 heteroatoms. The summed E-state index contributed by atoms with van der Waals surface area (Å²) in [5.41, 5.74) is 1.89. The van der Waals surface area contributed by atoms with Crippen LogP contribution in [0.1, 0.15) is 32.3 Å². The second kappa shape index (κ2) is 5.44. The van der Waals surface area contributed by atoms with Crippen molar-refractivity contribution >= 4 is 5.65 Å². The van der Waals surface area contributed by atoms with Gasteiger partial charge in [0.15, 0.2) is 5.65 Å². The van der Waals surface area contributed by atoms with Crippen molar-refractivity contribution in [3.05, 3.63) is 23.9 Å². The Bertz CT molecular complexity index is 517. The lowest BCUT2D eigenvalue weighted by molar-refractivity contribution is 0.403. The van der Waals surface area contributed by atoms with Crippen LogP contribution in [0.2, 0.25) is 0 Å². The van der Waals surface area contributed by atoms with Crippen LogP contribution in [0.25, 0.3) is 5.65 Å². The maximum absolute atomic E-state index is 4.46. The van der Waals surface area contributed by atoms with E-state index >= 15 is 0 Å². The van der Waals surface area contributed by atoms with Crippen molar-refractivity contribution in [2.75, 3.05) is 6.54 Å². The fourth-order valence-electron chi connectivity index (χ4n) is 2.15. The smallest absolute Gasteiger partial charge is 0.182 e. The van der Waals surface area contributed by atoms with Crippen LogP contribution in [0.5, 0.6) is 0 Å². The van der Waals surface area contributed by atoms with Crippen LogP contribution < -0.4 is 5.32 Å². The van der Waals surface area contributed by atoms with Gasteiger partial charge >= 0.3 is 0 Å². The fourth-order valence-corrected chi connectivity index (χ4v) is 2.15. The molecule has 2 aromatic rings. The molecule has 0 aliphatic carbocycles. The molecule has 0 saturated carbocycles. The summed E-state index contributed by atoms with van der Waals surface area (Å²) < 4.78 is 1.99. The topological polar surface area (TPSA) is 55.1 Å². The first kappa shape index (κ1) is 13.0. The predicted molar refractivity (Wildman–Crippen MR) is 71.5 cm³/mol. The number of hydrogen-bond acceptors (Lipinski definition) is 4. The Morgan fingerprint density at radius 2 is 2.11 bits per heavy atom. The average Bonchev–Trinajstić information content (AvgIpc) is 2.72. The largest absolute Gasteiger partial charge is 0.314 e. The lowest BCUT2D eigenvalue weighted by Gasteiger charge is -2.21. The van der Waals surface area contributed by atoms with Crippen LogP contribution in [0.3, 0.4) is 0 Å². The Morgan fingerprint density at radius 3 is 2.78 bits per heavy atom. The van der Waals surface area contributed by atoms with E-state index in [9.17, 15) is 0 Å². The Morgan fingerprint density at radius 1 is 1.33 bits per heavy atom. The second-order valence-electron chi connectivity index (χ2n) is 4.93. The molecule has 2 rings (SSSR count). The van der Waals surface area contributed by atoms with E-state index in [0.29, 0.717) is 12.0 Å². The normalized spacial score (nSPS) is 13.4. The summed E-state index contributed by atoms with van der Waals surface area (Å²) in [6, 6.07) is 0.422. The second-order valence-corrected chi connectivity index (χ2v) is 4.93. The number of nitrogens with one attached hydrogen (secondary N) is 1. The van der Waals surface area contributed by atoms with E-state index in [0.717, 1.165) is 30.1 Å². The van der Waals surface area contributed by atoms with Gasteiger partial charge in [-0.2, -0.15) is 0 Å². The minimum Gasteiger partial charge on any atom is -0.314 e. The molecule has 0 aliphatic rings. The molecule has 2 aromatic heterocycles. The van der Waals surface area contributed by atoms with Gasteiger partial charge in [0, 0.05) is 24.9 Å². The van der Waals surface area contributed by atoms with Gasteiger partial charge in [-0.05, 0) is 19.4 Å². The highest BCUT2D eigenvalue weighted by atomic mass is 15.2. The van der Waals surface area contributed by atoms with Gasteiger partial charge in [0.1, 0.15) is 5.82 Å². The molecule has 0 amide bonds. The van der Waals surface area contributed by atoms with Gasteiger partial charge in [0.05, 0.1) is 5.69 Å². The Hall–Kier alpha value is -1.49. The zero-order chi connectivity index (χ0) is 13.1. The first-order chi connectivity index (χ1) is 8.63. The van der Waals surface area contributed by atoms with Crippen molar-refractivity contribution < 1.29 is 0 Å². The van der Waals surface area contributed by atoms with Crippen molar-refractivity contribution in [3.63, 3.8) is 0 Å². The highest BCUT2D eigenvalue weighted by molar-refractivity contribution is 5.43. The number of aromatic nitrogens is 4. The summed E-state index contributed by atoms with van der Waals surface area (Å²) in [5, 5.41) is 11.8. The Balaban J connectivity index is 2.30. The van der Waals surface area contributed by atoms with Crippen LogP contribution in [-0.2, 0) is 6.42 Å². The molecule has 98 valence electrons. The number of hydrogen-bond donors (Lipinski definition) is 1.